The fraction of sp³-hybridized carbons (Fsp3) is 0.556. The average Bonchev–Trinajstić information content (AvgIpc) is 2.58. The highest BCUT2D eigenvalue weighted by molar-refractivity contribution is 5.83. The Morgan fingerprint density at radius 3 is 2.62 bits per heavy atom. The molecule has 0 bridgehead atoms. The Morgan fingerprint density at radius 1 is 1.25 bits per heavy atom. The van der Waals surface area contributed by atoms with Gasteiger partial charge in [-0.25, -0.2) is 0 Å². The molecule has 0 heterocycles. The van der Waals surface area contributed by atoms with Crippen molar-refractivity contribution in [3.63, 3.8) is 0 Å². The summed E-state index contributed by atoms with van der Waals surface area (Å²) in [6, 6.07) is 7.59. The molecule has 0 aliphatic rings. The van der Waals surface area contributed by atoms with Crippen LogP contribution < -0.4 is 5.32 Å². The van der Waals surface area contributed by atoms with Crippen LogP contribution in [0.1, 0.15) is 30.9 Å². The van der Waals surface area contributed by atoms with Crippen LogP contribution >= 0.6 is 0 Å². The molecule has 24 heavy (non-hydrogen) atoms. The number of methoxy groups -OCH3 is 1. The van der Waals surface area contributed by atoms with Gasteiger partial charge in [0.1, 0.15) is 6.10 Å². The molecule has 1 aromatic rings. The van der Waals surface area contributed by atoms with Gasteiger partial charge in [0, 0.05) is 13.2 Å². The molecule has 0 saturated heterocycles. The predicted molar refractivity (Wildman–Crippen MR) is 90.9 cm³/mol. The first kappa shape index (κ1) is 20.1. The van der Waals surface area contributed by atoms with Gasteiger partial charge in [0.2, 0.25) is 5.91 Å². The fourth-order valence-corrected chi connectivity index (χ4v) is 2.22. The van der Waals surface area contributed by atoms with E-state index in [9.17, 15) is 9.59 Å². The molecule has 0 saturated carbocycles. The predicted octanol–water partition coefficient (Wildman–Crippen LogP) is 1.81. The minimum Gasteiger partial charge on any atom is -0.468 e. The van der Waals surface area contributed by atoms with Crippen LogP contribution in [-0.4, -0.2) is 51.5 Å². The largest absolute Gasteiger partial charge is 0.468 e. The van der Waals surface area contributed by atoms with Gasteiger partial charge < -0.3 is 19.5 Å². The van der Waals surface area contributed by atoms with Crippen LogP contribution in [0.3, 0.4) is 0 Å². The van der Waals surface area contributed by atoms with E-state index in [0.29, 0.717) is 19.8 Å². The van der Waals surface area contributed by atoms with Gasteiger partial charge in [-0.2, -0.15) is 0 Å². The molecule has 6 heteroatoms. The Morgan fingerprint density at radius 2 is 2.00 bits per heavy atom. The quantitative estimate of drug-likeness (QED) is 0.521. The summed E-state index contributed by atoms with van der Waals surface area (Å²) in [7, 11) is 1.34. The lowest BCUT2D eigenvalue weighted by Crippen LogP contribution is -2.39. The molecule has 0 aliphatic heterocycles. The van der Waals surface area contributed by atoms with Gasteiger partial charge in [0.15, 0.2) is 0 Å². The maximum absolute atomic E-state index is 12.1. The number of amides is 1. The van der Waals surface area contributed by atoms with Crippen molar-refractivity contribution in [3.05, 3.63) is 35.4 Å². The maximum Gasteiger partial charge on any atom is 0.314 e. The third-order valence-electron chi connectivity index (χ3n) is 3.58. The lowest BCUT2D eigenvalue weighted by atomic mass is 9.97. The SMILES string of the molecule is CCOCCO[C@@H](C)C(=O)NC[C@@H](C(=O)OC)c1cccc(C)c1. The summed E-state index contributed by atoms with van der Waals surface area (Å²) < 4.78 is 15.4. The van der Waals surface area contributed by atoms with Crippen LogP contribution in [0.4, 0.5) is 0 Å². The van der Waals surface area contributed by atoms with E-state index >= 15 is 0 Å². The van der Waals surface area contributed by atoms with Crippen LogP contribution in [0.5, 0.6) is 0 Å². The summed E-state index contributed by atoms with van der Waals surface area (Å²) >= 11 is 0. The van der Waals surface area contributed by atoms with Crippen molar-refractivity contribution in [2.24, 2.45) is 0 Å². The smallest absolute Gasteiger partial charge is 0.314 e. The zero-order valence-corrected chi connectivity index (χ0v) is 14.8. The Balaban J connectivity index is 2.59. The molecule has 0 fully saturated rings. The van der Waals surface area contributed by atoms with E-state index in [2.05, 4.69) is 5.32 Å². The molecular formula is C18H27NO5. The fourth-order valence-electron chi connectivity index (χ4n) is 2.22. The van der Waals surface area contributed by atoms with Crippen molar-refractivity contribution in [2.45, 2.75) is 32.8 Å². The van der Waals surface area contributed by atoms with Crippen molar-refractivity contribution in [1.82, 2.24) is 5.32 Å². The zero-order chi connectivity index (χ0) is 17.9. The number of carbonyl (C=O) groups is 2. The highest BCUT2D eigenvalue weighted by Gasteiger charge is 2.23. The highest BCUT2D eigenvalue weighted by atomic mass is 16.5. The van der Waals surface area contributed by atoms with Crippen LogP contribution in [-0.2, 0) is 23.8 Å². The number of hydrogen-bond donors (Lipinski definition) is 1. The summed E-state index contributed by atoms with van der Waals surface area (Å²) in [5.74, 6) is -1.20. The lowest BCUT2D eigenvalue weighted by molar-refractivity contribution is -0.142. The maximum atomic E-state index is 12.1. The van der Waals surface area contributed by atoms with Gasteiger partial charge >= 0.3 is 5.97 Å². The Bertz CT molecular complexity index is 532. The molecule has 0 aromatic heterocycles. The van der Waals surface area contributed by atoms with Crippen molar-refractivity contribution in [1.29, 1.82) is 0 Å². The summed E-state index contributed by atoms with van der Waals surface area (Å²) in [4.78, 5) is 24.1. The Kier molecular flexibility index (Phi) is 9.04. The molecule has 0 unspecified atom stereocenters. The third kappa shape index (κ3) is 6.68. The molecule has 1 aromatic carbocycles. The van der Waals surface area contributed by atoms with E-state index in [1.54, 1.807) is 6.92 Å². The second-order valence-electron chi connectivity index (χ2n) is 5.44. The Labute approximate surface area is 143 Å². The van der Waals surface area contributed by atoms with E-state index in [-0.39, 0.29) is 18.4 Å². The molecule has 1 N–H and O–H groups in total. The molecular weight excluding hydrogens is 310 g/mol. The normalized spacial score (nSPS) is 13.2. The minimum atomic E-state index is -0.610. The van der Waals surface area contributed by atoms with E-state index in [1.807, 2.05) is 38.1 Å². The number of esters is 1. The monoisotopic (exact) mass is 337 g/mol. The van der Waals surface area contributed by atoms with Crippen LogP contribution in [0.15, 0.2) is 24.3 Å². The Hall–Kier alpha value is -1.92. The van der Waals surface area contributed by atoms with Crippen molar-refractivity contribution in [3.8, 4) is 0 Å². The van der Waals surface area contributed by atoms with E-state index in [4.69, 9.17) is 14.2 Å². The molecule has 1 rings (SSSR count). The molecule has 0 spiro atoms. The van der Waals surface area contributed by atoms with Crippen LogP contribution in [0.25, 0.3) is 0 Å². The number of aryl methyl sites for hydroxylation is 1. The first-order chi connectivity index (χ1) is 11.5. The standard InChI is InChI=1S/C18H27NO5/c1-5-23-9-10-24-14(3)17(20)19-12-16(18(21)22-4)15-8-6-7-13(2)11-15/h6-8,11,14,16H,5,9-10,12H2,1-4H3,(H,19,20)/t14-,16+/m0/s1. The summed E-state index contributed by atoms with van der Waals surface area (Å²) in [5.41, 5.74) is 1.85. The number of hydrogen-bond acceptors (Lipinski definition) is 5. The summed E-state index contributed by atoms with van der Waals surface area (Å²) in [5, 5.41) is 2.75. The van der Waals surface area contributed by atoms with Gasteiger partial charge in [0.25, 0.3) is 0 Å². The van der Waals surface area contributed by atoms with E-state index in [0.717, 1.165) is 11.1 Å². The van der Waals surface area contributed by atoms with Gasteiger partial charge in [-0.05, 0) is 26.3 Å². The second-order valence-corrected chi connectivity index (χ2v) is 5.44. The van der Waals surface area contributed by atoms with Gasteiger partial charge in [-0.1, -0.05) is 29.8 Å². The number of carbonyl (C=O) groups excluding carboxylic acids is 2. The van der Waals surface area contributed by atoms with Crippen molar-refractivity contribution >= 4 is 11.9 Å². The minimum absolute atomic E-state index is 0.161. The first-order valence-electron chi connectivity index (χ1n) is 8.11. The van der Waals surface area contributed by atoms with Crippen molar-refractivity contribution < 1.29 is 23.8 Å². The molecule has 6 nitrogen and oxygen atoms in total. The van der Waals surface area contributed by atoms with E-state index in [1.165, 1.54) is 7.11 Å². The number of ether oxygens (including phenoxy) is 3. The van der Waals surface area contributed by atoms with Gasteiger partial charge in [-0.15, -0.1) is 0 Å². The first-order valence-corrected chi connectivity index (χ1v) is 8.11. The van der Waals surface area contributed by atoms with E-state index < -0.39 is 12.0 Å². The molecule has 1 amide bonds. The molecule has 0 aliphatic carbocycles. The number of benzene rings is 1. The van der Waals surface area contributed by atoms with Crippen molar-refractivity contribution in [2.75, 3.05) is 33.5 Å². The number of nitrogens with one attached hydrogen (secondary N) is 1. The molecule has 134 valence electrons. The lowest BCUT2D eigenvalue weighted by Gasteiger charge is -2.18. The highest BCUT2D eigenvalue weighted by Crippen LogP contribution is 2.18. The molecule has 0 radical (unpaired) electrons. The third-order valence-corrected chi connectivity index (χ3v) is 3.58. The second kappa shape index (κ2) is 10.8. The van der Waals surface area contributed by atoms with Gasteiger partial charge in [0.05, 0.1) is 26.2 Å². The average molecular weight is 337 g/mol. The van der Waals surface area contributed by atoms with Crippen LogP contribution in [0.2, 0.25) is 0 Å². The van der Waals surface area contributed by atoms with Gasteiger partial charge in [-0.3, -0.25) is 9.59 Å². The summed E-state index contributed by atoms with van der Waals surface area (Å²) in [6.45, 7) is 7.08. The topological polar surface area (TPSA) is 73.9 Å². The number of rotatable bonds is 10. The molecule has 2 atom stereocenters. The zero-order valence-electron chi connectivity index (χ0n) is 14.8. The van der Waals surface area contributed by atoms with Crippen LogP contribution in [0, 0.1) is 6.92 Å². The summed E-state index contributed by atoms with van der Waals surface area (Å²) in [6.07, 6.45) is -0.610.